The van der Waals surface area contributed by atoms with Crippen LogP contribution in [-0.2, 0) is 11.2 Å². The molecule has 1 aromatic carbocycles. The van der Waals surface area contributed by atoms with Crippen molar-refractivity contribution in [2.75, 3.05) is 13.1 Å². The number of carbonyl (C=O) groups excluding carboxylic acids is 1. The second kappa shape index (κ2) is 5.73. The summed E-state index contributed by atoms with van der Waals surface area (Å²) in [5, 5.41) is 6.06. The Morgan fingerprint density at radius 1 is 1.27 bits per heavy atom. The van der Waals surface area contributed by atoms with Crippen molar-refractivity contribution in [3.63, 3.8) is 0 Å². The fourth-order valence-corrected chi connectivity index (χ4v) is 1.71. The van der Waals surface area contributed by atoms with Crippen LogP contribution in [0.15, 0.2) is 30.3 Å². The van der Waals surface area contributed by atoms with Crippen molar-refractivity contribution in [3.8, 4) is 0 Å². The first-order chi connectivity index (χ1) is 6.84. The molecule has 1 aliphatic rings. The molecule has 0 bridgehead atoms. The van der Waals surface area contributed by atoms with Gasteiger partial charge in [0.1, 0.15) is 0 Å². The lowest BCUT2D eigenvalue weighted by Crippen LogP contribution is -2.52. The van der Waals surface area contributed by atoms with Gasteiger partial charge in [0.25, 0.3) is 0 Å². The van der Waals surface area contributed by atoms with Crippen LogP contribution in [-0.4, -0.2) is 25.0 Å². The molecule has 1 atom stereocenters. The summed E-state index contributed by atoms with van der Waals surface area (Å²) in [6.07, 6.45) is 0.902. The van der Waals surface area contributed by atoms with Crippen molar-refractivity contribution in [2.45, 2.75) is 12.5 Å². The minimum absolute atomic E-state index is 0. The summed E-state index contributed by atoms with van der Waals surface area (Å²) in [7, 11) is 0. The molecule has 0 aliphatic carbocycles. The average molecular weight is 227 g/mol. The van der Waals surface area contributed by atoms with Gasteiger partial charge < -0.3 is 10.6 Å². The third-order valence-corrected chi connectivity index (χ3v) is 2.37. The van der Waals surface area contributed by atoms with Gasteiger partial charge in [-0.2, -0.15) is 0 Å². The Bertz CT molecular complexity index is 316. The van der Waals surface area contributed by atoms with Crippen LogP contribution in [0.5, 0.6) is 0 Å². The predicted molar refractivity (Wildman–Crippen MR) is 62.2 cm³/mol. The highest BCUT2D eigenvalue weighted by Crippen LogP contribution is 2.03. The van der Waals surface area contributed by atoms with Gasteiger partial charge >= 0.3 is 0 Å². The van der Waals surface area contributed by atoms with E-state index in [0.29, 0.717) is 6.54 Å². The molecule has 82 valence electrons. The number of amides is 1. The molecule has 15 heavy (non-hydrogen) atoms. The maximum Gasteiger partial charge on any atom is 0.234 e. The van der Waals surface area contributed by atoms with Gasteiger partial charge in [0, 0.05) is 12.6 Å². The van der Waals surface area contributed by atoms with E-state index in [1.165, 1.54) is 5.56 Å². The molecule has 1 heterocycles. The first kappa shape index (κ1) is 12.0. The van der Waals surface area contributed by atoms with E-state index in [1.54, 1.807) is 0 Å². The van der Waals surface area contributed by atoms with E-state index in [1.807, 2.05) is 18.2 Å². The van der Waals surface area contributed by atoms with Crippen LogP contribution in [0.25, 0.3) is 0 Å². The third-order valence-electron chi connectivity index (χ3n) is 2.37. The normalized spacial score (nSPS) is 20.3. The van der Waals surface area contributed by atoms with E-state index in [2.05, 4.69) is 22.8 Å². The summed E-state index contributed by atoms with van der Waals surface area (Å²) in [6, 6.07) is 10.4. The summed E-state index contributed by atoms with van der Waals surface area (Å²) in [6.45, 7) is 1.31. The van der Waals surface area contributed by atoms with E-state index in [-0.39, 0.29) is 24.4 Å². The third kappa shape index (κ3) is 3.53. The van der Waals surface area contributed by atoms with Crippen molar-refractivity contribution in [1.82, 2.24) is 10.6 Å². The van der Waals surface area contributed by atoms with Crippen LogP contribution in [0.2, 0.25) is 0 Å². The van der Waals surface area contributed by atoms with Crippen molar-refractivity contribution in [2.24, 2.45) is 0 Å². The lowest BCUT2D eigenvalue weighted by Gasteiger charge is -2.24. The number of piperazine rings is 1. The zero-order valence-electron chi connectivity index (χ0n) is 8.40. The topological polar surface area (TPSA) is 41.1 Å². The first-order valence-electron chi connectivity index (χ1n) is 4.88. The Kier molecular flexibility index (Phi) is 4.59. The Morgan fingerprint density at radius 3 is 2.67 bits per heavy atom. The summed E-state index contributed by atoms with van der Waals surface area (Å²) < 4.78 is 0. The molecule has 1 unspecified atom stereocenters. The van der Waals surface area contributed by atoms with Crippen molar-refractivity contribution in [1.29, 1.82) is 0 Å². The van der Waals surface area contributed by atoms with Crippen molar-refractivity contribution < 1.29 is 4.79 Å². The lowest BCUT2D eigenvalue weighted by atomic mass is 10.0. The molecule has 1 aliphatic heterocycles. The lowest BCUT2D eigenvalue weighted by molar-refractivity contribution is -0.122. The number of carbonyl (C=O) groups is 1. The van der Waals surface area contributed by atoms with Gasteiger partial charge in [0.15, 0.2) is 0 Å². The Balaban J connectivity index is 0.00000112. The van der Waals surface area contributed by atoms with Crippen LogP contribution < -0.4 is 10.6 Å². The van der Waals surface area contributed by atoms with Gasteiger partial charge in [0.05, 0.1) is 6.54 Å². The highest BCUT2D eigenvalue weighted by molar-refractivity contribution is 5.85. The fraction of sp³-hybridized carbons (Fsp3) is 0.364. The molecule has 2 rings (SSSR count). The van der Waals surface area contributed by atoms with Crippen molar-refractivity contribution >= 4 is 18.3 Å². The molecule has 0 saturated carbocycles. The molecular weight excluding hydrogens is 212 g/mol. The van der Waals surface area contributed by atoms with Crippen LogP contribution >= 0.6 is 12.4 Å². The molecule has 0 spiro atoms. The maximum absolute atomic E-state index is 11.1. The molecule has 4 heteroatoms. The molecule has 0 radical (unpaired) electrons. The van der Waals surface area contributed by atoms with E-state index in [0.717, 1.165) is 13.0 Å². The Morgan fingerprint density at radius 2 is 2.00 bits per heavy atom. The van der Waals surface area contributed by atoms with Crippen LogP contribution in [0.4, 0.5) is 0 Å². The van der Waals surface area contributed by atoms with E-state index >= 15 is 0 Å². The van der Waals surface area contributed by atoms with Gasteiger partial charge in [-0.05, 0) is 12.0 Å². The number of hydrogen-bond donors (Lipinski definition) is 2. The van der Waals surface area contributed by atoms with E-state index < -0.39 is 0 Å². The average Bonchev–Trinajstić information content (AvgIpc) is 2.19. The Hall–Kier alpha value is -1.06. The zero-order chi connectivity index (χ0) is 9.80. The molecule has 3 nitrogen and oxygen atoms in total. The van der Waals surface area contributed by atoms with Crippen LogP contribution in [0.3, 0.4) is 0 Å². The van der Waals surface area contributed by atoms with Gasteiger partial charge in [0.2, 0.25) is 5.91 Å². The second-order valence-electron chi connectivity index (χ2n) is 3.59. The number of halogens is 1. The fourth-order valence-electron chi connectivity index (χ4n) is 1.71. The maximum atomic E-state index is 11.1. The largest absolute Gasteiger partial charge is 0.351 e. The predicted octanol–water partition coefficient (Wildman–Crippen LogP) is 0.739. The Labute approximate surface area is 95.7 Å². The minimum Gasteiger partial charge on any atom is -0.351 e. The van der Waals surface area contributed by atoms with E-state index in [4.69, 9.17) is 0 Å². The van der Waals surface area contributed by atoms with Gasteiger partial charge in [-0.1, -0.05) is 30.3 Å². The number of hydrogen-bond acceptors (Lipinski definition) is 2. The van der Waals surface area contributed by atoms with E-state index in [9.17, 15) is 4.79 Å². The van der Waals surface area contributed by atoms with Gasteiger partial charge in [-0.25, -0.2) is 0 Å². The van der Waals surface area contributed by atoms with Crippen LogP contribution in [0, 0.1) is 0 Å². The minimum atomic E-state index is 0. The molecule has 1 aromatic rings. The molecule has 2 N–H and O–H groups in total. The summed E-state index contributed by atoms with van der Waals surface area (Å²) in [5.74, 6) is 0.0946. The number of nitrogens with one attached hydrogen (secondary N) is 2. The number of rotatable bonds is 2. The molecule has 1 amide bonds. The smallest absolute Gasteiger partial charge is 0.234 e. The second-order valence-corrected chi connectivity index (χ2v) is 3.59. The first-order valence-corrected chi connectivity index (χ1v) is 4.88. The molecule has 1 saturated heterocycles. The molecule has 0 aromatic heterocycles. The summed E-state index contributed by atoms with van der Waals surface area (Å²) in [4.78, 5) is 11.1. The van der Waals surface area contributed by atoms with Crippen molar-refractivity contribution in [3.05, 3.63) is 35.9 Å². The zero-order valence-corrected chi connectivity index (χ0v) is 9.22. The standard InChI is InChI=1S/C11H14N2O.ClH/c14-11-8-12-7-10(13-11)6-9-4-2-1-3-5-9;/h1-5,10,12H,6-8H2,(H,13,14);1H. The van der Waals surface area contributed by atoms with Gasteiger partial charge in [-0.15, -0.1) is 12.4 Å². The summed E-state index contributed by atoms with van der Waals surface area (Å²) in [5.41, 5.74) is 1.27. The molecule has 1 fully saturated rings. The highest BCUT2D eigenvalue weighted by atomic mass is 35.5. The quantitative estimate of drug-likeness (QED) is 0.781. The van der Waals surface area contributed by atoms with Gasteiger partial charge in [-0.3, -0.25) is 4.79 Å². The summed E-state index contributed by atoms with van der Waals surface area (Å²) >= 11 is 0. The monoisotopic (exact) mass is 226 g/mol. The highest BCUT2D eigenvalue weighted by Gasteiger charge is 2.17. The SMILES string of the molecule is Cl.O=C1CNCC(Cc2ccccc2)N1. The molecular formula is C11H15ClN2O. The number of benzene rings is 1. The van der Waals surface area contributed by atoms with Crippen LogP contribution in [0.1, 0.15) is 5.56 Å².